The Morgan fingerprint density at radius 1 is 1.27 bits per heavy atom. The first-order chi connectivity index (χ1) is 7.02. The Kier molecular flexibility index (Phi) is 7.39. The third kappa shape index (κ3) is 5.78. The fraction of sp³-hybridized carbons (Fsp3) is 0.917. The Bertz CT molecular complexity index is 178. The number of ether oxygens (including phenoxy) is 2. The number of carbonyl (C=O) groups excluding carboxylic acids is 1. The van der Waals surface area contributed by atoms with Gasteiger partial charge in [0.2, 0.25) is 0 Å². The van der Waals surface area contributed by atoms with Crippen molar-refractivity contribution in [2.75, 3.05) is 20.3 Å². The van der Waals surface area contributed by atoms with Crippen LogP contribution in [0.2, 0.25) is 0 Å². The molecule has 0 aliphatic carbocycles. The summed E-state index contributed by atoms with van der Waals surface area (Å²) in [6.45, 7) is 9.21. The molecule has 0 aromatic rings. The van der Waals surface area contributed by atoms with Crippen LogP contribution in [0.4, 0.5) is 0 Å². The maximum Gasteiger partial charge on any atom is 0.311 e. The van der Waals surface area contributed by atoms with Gasteiger partial charge in [0.05, 0.1) is 19.1 Å². The third-order valence-electron chi connectivity index (χ3n) is 2.78. The molecule has 0 N–H and O–H groups in total. The Balaban J connectivity index is 4.19. The number of esters is 1. The first-order valence-electron chi connectivity index (χ1n) is 5.68. The van der Waals surface area contributed by atoms with Gasteiger partial charge < -0.3 is 9.47 Å². The lowest BCUT2D eigenvalue weighted by molar-refractivity contribution is -0.150. The molecule has 0 rings (SSSR count). The third-order valence-corrected chi connectivity index (χ3v) is 2.78. The lowest BCUT2D eigenvalue weighted by atomic mass is 9.88. The van der Waals surface area contributed by atoms with Gasteiger partial charge >= 0.3 is 5.97 Å². The zero-order valence-corrected chi connectivity index (χ0v) is 10.6. The fourth-order valence-electron chi connectivity index (χ4n) is 1.41. The minimum atomic E-state index is -0.133. The van der Waals surface area contributed by atoms with Crippen molar-refractivity contribution in [1.29, 1.82) is 0 Å². The summed E-state index contributed by atoms with van der Waals surface area (Å²) < 4.78 is 10.1. The zero-order valence-electron chi connectivity index (χ0n) is 10.6. The van der Waals surface area contributed by atoms with Crippen molar-refractivity contribution in [3.05, 3.63) is 0 Å². The SMILES string of the molecule is CCOC(=O)C(COC)CC(C)C(C)C. The molecule has 0 spiro atoms. The molecule has 90 valence electrons. The second-order valence-corrected chi connectivity index (χ2v) is 4.36. The van der Waals surface area contributed by atoms with Crippen LogP contribution >= 0.6 is 0 Å². The van der Waals surface area contributed by atoms with Crippen molar-refractivity contribution in [3.63, 3.8) is 0 Å². The summed E-state index contributed by atoms with van der Waals surface area (Å²) in [5.41, 5.74) is 0. The van der Waals surface area contributed by atoms with Crippen molar-refractivity contribution >= 4 is 5.97 Å². The average molecular weight is 216 g/mol. The average Bonchev–Trinajstić information content (AvgIpc) is 2.17. The van der Waals surface area contributed by atoms with Gasteiger partial charge in [0.25, 0.3) is 0 Å². The maximum atomic E-state index is 11.6. The van der Waals surface area contributed by atoms with E-state index in [9.17, 15) is 4.79 Å². The van der Waals surface area contributed by atoms with Crippen molar-refractivity contribution in [1.82, 2.24) is 0 Å². The molecule has 0 heterocycles. The number of hydrogen-bond acceptors (Lipinski definition) is 3. The van der Waals surface area contributed by atoms with E-state index in [-0.39, 0.29) is 11.9 Å². The molecule has 0 saturated heterocycles. The molecule has 3 heteroatoms. The molecule has 0 radical (unpaired) electrons. The lowest BCUT2D eigenvalue weighted by Gasteiger charge is -2.21. The van der Waals surface area contributed by atoms with Gasteiger partial charge in [-0.15, -0.1) is 0 Å². The van der Waals surface area contributed by atoms with Gasteiger partial charge in [0.1, 0.15) is 0 Å². The van der Waals surface area contributed by atoms with Crippen LogP contribution in [0.5, 0.6) is 0 Å². The van der Waals surface area contributed by atoms with Crippen molar-refractivity contribution in [2.45, 2.75) is 34.1 Å². The van der Waals surface area contributed by atoms with Crippen LogP contribution in [0, 0.1) is 17.8 Å². The van der Waals surface area contributed by atoms with E-state index in [0.29, 0.717) is 25.0 Å². The minimum Gasteiger partial charge on any atom is -0.466 e. The maximum absolute atomic E-state index is 11.6. The van der Waals surface area contributed by atoms with Gasteiger partial charge in [-0.05, 0) is 25.2 Å². The molecule has 0 amide bonds. The van der Waals surface area contributed by atoms with E-state index in [1.54, 1.807) is 7.11 Å². The number of hydrogen-bond donors (Lipinski definition) is 0. The summed E-state index contributed by atoms with van der Waals surface area (Å²) in [6.07, 6.45) is 0.838. The highest BCUT2D eigenvalue weighted by Crippen LogP contribution is 2.21. The summed E-state index contributed by atoms with van der Waals surface area (Å²) >= 11 is 0. The molecule has 0 fully saturated rings. The van der Waals surface area contributed by atoms with Crippen LogP contribution in [-0.4, -0.2) is 26.3 Å². The molecule has 0 aliphatic heterocycles. The molecule has 15 heavy (non-hydrogen) atoms. The molecule has 0 aromatic heterocycles. The molecular weight excluding hydrogens is 192 g/mol. The van der Waals surface area contributed by atoms with Crippen molar-refractivity contribution < 1.29 is 14.3 Å². The Morgan fingerprint density at radius 2 is 1.87 bits per heavy atom. The summed E-state index contributed by atoms with van der Waals surface area (Å²) in [4.78, 5) is 11.6. The van der Waals surface area contributed by atoms with Crippen LogP contribution in [0.3, 0.4) is 0 Å². The fourth-order valence-corrected chi connectivity index (χ4v) is 1.41. The quantitative estimate of drug-likeness (QED) is 0.613. The first kappa shape index (κ1) is 14.4. The highest BCUT2D eigenvalue weighted by Gasteiger charge is 2.23. The standard InChI is InChI=1S/C12H24O3/c1-6-15-12(13)11(8-14-5)7-10(4)9(2)3/h9-11H,6-8H2,1-5H3. The van der Waals surface area contributed by atoms with E-state index < -0.39 is 0 Å². The summed E-state index contributed by atoms with van der Waals surface area (Å²) in [6, 6.07) is 0. The van der Waals surface area contributed by atoms with E-state index in [1.165, 1.54) is 0 Å². The molecule has 2 atom stereocenters. The molecule has 3 nitrogen and oxygen atoms in total. The summed E-state index contributed by atoms with van der Waals surface area (Å²) in [5.74, 6) is 0.840. The highest BCUT2D eigenvalue weighted by molar-refractivity contribution is 5.72. The van der Waals surface area contributed by atoms with Gasteiger partial charge in [-0.1, -0.05) is 20.8 Å². The molecule has 0 aliphatic rings. The van der Waals surface area contributed by atoms with E-state index in [0.717, 1.165) is 6.42 Å². The molecule has 2 unspecified atom stereocenters. The predicted molar refractivity (Wildman–Crippen MR) is 60.6 cm³/mol. The lowest BCUT2D eigenvalue weighted by Crippen LogP contribution is -2.25. The Morgan fingerprint density at radius 3 is 2.27 bits per heavy atom. The number of methoxy groups -OCH3 is 1. The summed E-state index contributed by atoms with van der Waals surface area (Å²) in [5, 5.41) is 0. The van der Waals surface area contributed by atoms with E-state index in [2.05, 4.69) is 20.8 Å². The van der Waals surface area contributed by atoms with E-state index in [4.69, 9.17) is 9.47 Å². The van der Waals surface area contributed by atoms with Crippen LogP contribution in [-0.2, 0) is 14.3 Å². The second kappa shape index (κ2) is 7.69. The Hall–Kier alpha value is -0.570. The van der Waals surface area contributed by atoms with Gasteiger partial charge in [-0.3, -0.25) is 4.79 Å². The second-order valence-electron chi connectivity index (χ2n) is 4.36. The van der Waals surface area contributed by atoms with Gasteiger partial charge in [-0.2, -0.15) is 0 Å². The van der Waals surface area contributed by atoms with Crippen LogP contribution in [0.1, 0.15) is 34.1 Å². The molecule has 0 bridgehead atoms. The smallest absolute Gasteiger partial charge is 0.311 e. The van der Waals surface area contributed by atoms with Crippen LogP contribution in [0.25, 0.3) is 0 Å². The first-order valence-corrected chi connectivity index (χ1v) is 5.68. The van der Waals surface area contributed by atoms with Gasteiger partial charge in [-0.25, -0.2) is 0 Å². The number of rotatable bonds is 7. The minimum absolute atomic E-state index is 0.118. The van der Waals surface area contributed by atoms with Crippen LogP contribution in [0.15, 0.2) is 0 Å². The van der Waals surface area contributed by atoms with Crippen molar-refractivity contribution in [2.24, 2.45) is 17.8 Å². The van der Waals surface area contributed by atoms with Gasteiger partial charge in [0, 0.05) is 7.11 Å². The topological polar surface area (TPSA) is 35.5 Å². The zero-order chi connectivity index (χ0) is 11.8. The molecule has 0 saturated carbocycles. The normalized spacial score (nSPS) is 15.1. The van der Waals surface area contributed by atoms with Crippen LogP contribution < -0.4 is 0 Å². The monoisotopic (exact) mass is 216 g/mol. The van der Waals surface area contributed by atoms with Gasteiger partial charge in [0.15, 0.2) is 0 Å². The predicted octanol–water partition coefficient (Wildman–Crippen LogP) is 2.49. The van der Waals surface area contributed by atoms with Crippen molar-refractivity contribution in [3.8, 4) is 0 Å². The Labute approximate surface area is 93.1 Å². The molecular formula is C12H24O3. The molecule has 0 aromatic carbocycles. The number of carbonyl (C=O) groups is 1. The van der Waals surface area contributed by atoms with E-state index >= 15 is 0 Å². The van der Waals surface area contributed by atoms with E-state index in [1.807, 2.05) is 6.92 Å². The highest BCUT2D eigenvalue weighted by atomic mass is 16.5. The summed E-state index contributed by atoms with van der Waals surface area (Å²) in [7, 11) is 1.62. The largest absolute Gasteiger partial charge is 0.466 e.